The van der Waals surface area contributed by atoms with Gasteiger partial charge >= 0.3 is 12.2 Å². The maximum Gasteiger partial charge on any atom is 0.417 e. The first-order valence-corrected chi connectivity index (χ1v) is 11.3. The number of carbonyl (C=O) groups excluding carboxylic acids is 1. The van der Waals surface area contributed by atoms with Crippen molar-refractivity contribution in [2.45, 2.75) is 13.1 Å². The number of hydrogen-bond acceptors (Lipinski definition) is 6. The molecule has 13 heteroatoms. The molecule has 2 heterocycles. The van der Waals surface area contributed by atoms with Gasteiger partial charge in [-0.3, -0.25) is 5.10 Å². The summed E-state index contributed by atoms with van der Waals surface area (Å²) >= 11 is 5.62. The molecule has 2 amide bonds. The fourth-order valence-corrected chi connectivity index (χ4v) is 3.63. The van der Waals surface area contributed by atoms with E-state index in [9.17, 15) is 18.0 Å². The highest BCUT2D eigenvalue weighted by Gasteiger charge is 2.33. The molecule has 0 spiro atoms. The first kappa shape index (κ1) is 25.8. The monoisotopic (exact) mass is 530 g/mol. The minimum atomic E-state index is -4.64. The zero-order valence-electron chi connectivity index (χ0n) is 19.9. The summed E-state index contributed by atoms with van der Waals surface area (Å²) < 4.78 is 39.2. The zero-order valence-corrected chi connectivity index (χ0v) is 20.7. The lowest BCUT2D eigenvalue weighted by atomic mass is 10.1. The van der Waals surface area contributed by atoms with Crippen LogP contribution in [0.4, 0.5) is 46.8 Å². The second kappa shape index (κ2) is 10.3. The van der Waals surface area contributed by atoms with Crippen molar-refractivity contribution in [2.24, 2.45) is 0 Å². The van der Waals surface area contributed by atoms with Crippen molar-refractivity contribution in [2.75, 3.05) is 34.9 Å². The molecule has 37 heavy (non-hydrogen) atoms. The van der Waals surface area contributed by atoms with Crippen LogP contribution in [0.25, 0.3) is 11.4 Å². The van der Waals surface area contributed by atoms with Gasteiger partial charge in [0.15, 0.2) is 11.6 Å². The van der Waals surface area contributed by atoms with Crippen molar-refractivity contribution >= 4 is 46.5 Å². The second-order valence-corrected chi connectivity index (χ2v) is 8.63. The molecule has 4 N–H and O–H groups in total. The molecule has 0 fully saturated rings. The SMILES string of the molecule is Cc1cc(NC(=O)Nc2ccc(Cl)c(C(F)(F)F)c2)ccc1-c1nccc(Nc2cc(N(C)C)n[nH]2)n1. The van der Waals surface area contributed by atoms with Crippen LogP contribution in [0.5, 0.6) is 0 Å². The van der Waals surface area contributed by atoms with Crippen LogP contribution in [0.2, 0.25) is 5.02 Å². The molecule has 0 atom stereocenters. The van der Waals surface area contributed by atoms with Crippen LogP contribution in [0.15, 0.2) is 54.7 Å². The molecule has 2 aromatic heterocycles. The number of alkyl halides is 3. The summed E-state index contributed by atoms with van der Waals surface area (Å²) in [5.74, 6) is 2.45. The van der Waals surface area contributed by atoms with E-state index >= 15 is 0 Å². The number of hydrogen-bond donors (Lipinski definition) is 4. The van der Waals surface area contributed by atoms with Gasteiger partial charge in [0.05, 0.1) is 10.6 Å². The van der Waals surface area contributed by atoms with Crippen LogP contribution in [-0.2, 0) is 6.18 Å². The van der Waals surface area contributed by atoms with E-state index in [1.165, 1.54) is 6.07 Å². The molecule has 0 aliphatic carbocycles. The molecule has 0 bridgehead atoms. The minimum absolute atomic E-state index is 0.0461. The van der Waals surface area contributed by atoms with Gasteiger partial charge in [0.1, 0.15) is 11.6 Å². The summed E-state index contributed by atoms with van der Waals surface area (Å²) in [5, 5.41) is 14.8. The first-order chi connectivity index (χ1) is 17.5. The number of nitrogens with one attached hydrogen (secondary N) is 4. The molecule has 9 nitrogen and oxygen atoms in total. The normalized spacial score (nSPS) is 11.2. The third kappa shape index (κ3) is 6.28. The lowest BCUT2D eigenvalue weighted by Crippen LogP contribution is -2.20. The van der Waals surface area contributed by atoms with Crippen molar-refractivity contribution < 1.29 is 18.0 Å². The Morgan fingerprint density at radius 1 is 1.03 bits per heavy atom. The van der Waals surface area contributed by atoms with E-state index < -0.39 is 22.8 Å². The summed E-state index contributed by atoms with van der Waals surface area (Å²) in [7, 11) is 3.77. The van der Waals surface area contributed by atoms with Gasteiger partial charge < -0.3 is 20.9 Å². The lowest BCUT2D eigenvalue weighted by molar-refractivity contribution is -0.137. The summed E-state index contributed by atoms with van der Waals surface area (Å²) in [5.41, 5.74) is 0.870. The molecule has 4 rings (SSSR count). The number of H-pyrrole nitrogens is 1. The maximum atomic E-state index is 13.1. The van der Waals surface area contributed by atoms with Crippen LogP contribution in [0.1, 0.15) is 11.1 Å². The highest BCUT2D eigenvalue weighted by atomic mass is 35.5. The van der Waals surface area contributed by atoms with Gasteiger partial charge in [0.25, 0.3) is 0 Å². The number of halogens is 4. The maximum absolute atomic E-state index is 13.1. The van der Waals surface area contributed by atoms with Crippen molar-refractivity contribution in [3.8, 4) is 11.4 Å². The molecule has 0 saturated heterocycles. The molecule has 0 aliphatic heterocycles. The standard InChI is InChI=1S/C24H22ClF3N8O/c1-13-10-14(30-23(37)31-15-5-7-18(25)17(11-15)24(26,27)28)4-6-16(13)22-29-9-8-19(33-22)32-20-12-21(35-34-20)36(2)3/h4-12H,1-3H3,(H2,30,31,37)(H2,29,32,33,34,35). The molecule has 192 valence electrons. The largest absolute Gasteiger partial charge is 0.417 e. The van der Waals surface area contributed by atoms with E-state index in [-0.39, 0.29) is 5.69 Å². The van der Waals surface area contributed by atoms with Gasteiger partial charge in [-0.05, 0) is 55.0 Å². The number of anilines is 5. The quantitative estimate of drug-likeness (QED) is 0.233. The van der Waals surface area contributed by atoms with E-state index in [1.807, 2.05) is 32.0 Å². The number of aromatic amines is 1. The van der Waals surface area contributed by atoms with Gasteiger partial charge in [-0.25, -0.2) is 14.8 Å². The van der Waals surface area contributed by atoms with Crippen molar-refractivity contribution in [1.29, 1.82) is 0 Å². The predicted molar refractivity (Wildman–Crippen MR) is 137 cm³/mol. The number of carbonyl (C=O) groups is 1. The molecule has 0 aliphatic rings. The average molecular weight is 531 g/mol. The smallest absolute Gasteiger partial charge is 0.361 e. The predicted octanol–water partition coefficient (Wildman–Crippen LogP) is 6.30. The Hall–Kier alpha value is -4.32. The van der Waals surface area contributed by atoms with Gasteiger partial charge in [-0.1, -0.05) is 11.6 Å². The average Bonchev–Trinajstić information content (AvgIpc) is 3.29. The number of rotatable bonds is 6. The number of aryl methyl sites for hydroxylation is 1. The van der Waals surface area contributed by atoms with E-state index in [0.29, 0.717) is 23.1 Å². The molecular formula is C24H22ClF3N8O. The van der Waals surface area contributed by atoms with E-state index in [0.717, 1.165) is 29.1 Å². The molecule has 0 saturated carbocycles. The number of benzene rings is 2. The zero-order chi connectivity index (χ0) is 26.7. The Balaban J connectivity index is 1.45. The van der Waals surface area contributed by atoms with E-state index in [1.54, 1.807) is 30.5 Å². The van der Waals surface area contributed by atoms with Crippen LogP contribution < -0.4 is 20.9 Å². The van der Waals surface area contributed by atoms with Crippen molar-refractivity contribution in [3.05, 3.63) is 70.9 Å². The van der Waals surface area contributed by atoms with E-state index in [2.05, 4.69) is 36.1 Å². The number of urea groups is 1. The van der Waals surface area contributed by atoms with Gasteiger partial charge in [0.2, 0.25) is 0 Å². The summed E-state index contributed by atoms with van der Waals surface area (Å²) in [6.07, 6.45) is -3.02. The summed E-state index contributed by atoms with van der Waals surface area (Å²) in [6, 6.07) is 11.1. The Labute approximate surface area is 215 Å². The Morgan fingerprint density at radius 2 is 1.73 bits per heavy atom. The topological polar surface area (TPSA) is 111 Å². The highest BCUT2D eigenvalue weighted by molar-refractivity contribution is 6.31. The molecule has 2 aromatic carbocycles. The number of amides is 2. The molecule has 0 unspecified atom stereocenters. The van der Waals surface area contributed by atoms with Crippen LogP contribution in [-0.4, -0.2) is 40.3 Å². The molecule has 4 aromatic rings. The lowest BCUT2D eigenvalue weighted by Gasteiger charge is -2.13. The third-order valence-electron chi connectivity index (χ3n) is 5.20. The van der Waals surface area contributed by atoms with Crippen LogP contribution in [0.3, 0.4) is 0 Å². The van der Waals surface area contributed by atoms with Gasteiger partial charge in [-0.2, -0.15) is 18.3 Å². The Bertz CT molecular complexity index is 1440. The summed E-state index contributed by atoms with van der Waals surface area (Å²) in [4.78, 5) is 23.1. The first-order valence-electron chi connectivity index (χ1n) is 10.9. The fourth-order valence-electron chi connectivity index (χ4n) is 3.41. The third-order valence-corrected chi connectivity index (χ3v) is 5.53. The molecule has 0 radical (unpaired) electrons. The van der Waals surface area contributed by atoms with E-state index in [4.69, 9.17) is 11.6 Å². The Kier molecular flexibility index (Phi) is 7.21. The second-order valence-electron chi connectivity index (χ2n) is 8.23. The van der Waals surface area contributed by atoms with Crippen molar-refractivity contribution in [1.82, 2.24) is 20.2 Å². The minimum Gasteiger partial charge on any atom is -0.361 e. The van der Waals surface area contributed by atoms with Crippen LogP contribution >= 0.6 is 11.6 Å². The summed E-state index contributed by atoms with van der Waals surface area (Å²) in [6.45, 7) is 1.83. The number of nitrogens with zero attached hydrogens (tertiary/aromatic N) is 4. The van der Waals surface area contributed by atoms with Crippen LogP contribution in [0, 0.1) is 6.92 Å². The highest BCUT2D eigenvalue weighted by Crippen LogP contribution is 2.36. The Morgan fingerprint density at radius 3 is 2.38 bits per heavy atom. The fraction of sp³-hybridized carbons (Fsp3) is 0.167. The van der Waals surface area contributed by atoms with Gasteiger partial charge in [-0.15, -0.1) is 0 Å². The van der Waals surface area contributed by atoms with Crippen molar-refractivity contribution in [3.63, 3.8) is 0 Å². The number of aromatic nitrogens is 4. The molecular weight excluding hydrogens is 509 g/mol. The van der Waals surface area contributed by atoms with Gasteiger partial charge in [0, 0.05) is 43.3 Å².